The third kappa shape index (κ3) is 2.90. The van der Waals surface area contributed by atoms with E-state index in [0.717, 1.165) is 22.9 Å². The summed E-state index contributed by atoms with van der Waals surface area (Å²) in [5, 5.41) is 0.868. The molecule has 0 radical (unpaired) electrons. The molecule has 1 aliphatic rings. The van der Waals surface area contributed by atoms with E-state index >= 15 is 0 Å². The van der Waals surface area contributed by atoms with Crippen molar-refractivity contribution in [2.75, 3.05) is 32.2 Å². The zero-order valence-corrected chi connectivity index (χ0v) is 13.7. The standard InChI is InChI=1S/C13H17Br2NO2/c1-17-12-7-16(8-13(12)18-2)11-4-3-9(6-14)5-10(11)15/h3-5,12-13H,6-8H2,1-2H3. The predicted molar refractivity (Wildman–Crippen MR) is 80.6 cm³/mol. The third-order valence-electron chi connectivity index (χ3n) is 3.33. The lowest BCUT2D eigenvalue weighted by atomic mass is 10.2. The van der Waals surface area contributed by atoms with Crippen LogP contribution in [0.1, 0.15) is 5.56 Å². The highest BCUT2D eigenvalue weighted by molar-refractivity contribution is 9.10. The number of methoxy groups -OCH3 is 2. The van der Waals surface area contributed by atoms with E-state index in [-0.39, 0.29) is 12.2 Å². The fourth-order valence-corrected chi connectivity index (χ4v) is 3.31. The lowest BCUT2D eigenvalue weighted by Gasteiger charge is -2.20. The molecule has 18 heavy (non-hydrogen) atoms. The van der Waals surface area contributed by atoms with Gasteiger partial charge in [0.05, 0.1) is 5.69 Å². The monoisotopic (exact) mass is 377 g/mol. The van der Waals surface area contributed by atoms with Crippen LogP contribution < -0.4 is 4.90 Å². The molecule has 100 valence electrons. The van der Waals surface area contributed by atoms with Gasteiger partial charge in [-0.05, 0) is 33.6 Å². The number of anilines is 1. The Kier molecular flexibility index (Phi) is 5.06. The first-order chi connectivity index (χ1) is 8.69. The van der Waals surface area contributed by atoms with Gasteiger partial charge in [0.15, 0.2) is 0 Å². The van der Waals surface area contributed by atoms with Gasteiger partial charge in [-0.2, -0.15) is 0 Å². The van der Waals surface area contributed by atoms with Crippen LogP contribution in [0.3, 0.4) is 0 Å². The van der Waals surface area contributed by atoms with Crippen LogP contribution in [0, 0.1) is 0 Å². The van der Waals surface area contributed by atoms with Crippen molar-refractivity contribution < 1.29 is 9.47 Å². The van der Waals surface area contributed by atoms with Crippen LogP contribution in [0.4, 0.5) is 5.69 Å². The molecule has 1 saturated heterocycles. The van der Waals surface area contributed by atoms with E-state index in [1.54, 1.807) is 14.2 Å². The van der Waals surface area contributed by atoms with Crippen molar-refractivity contribution >= 4 is 37.5 Å². The largest absolute Gasteiger partial charge is 0.377 e. The molecule has 2 atom stereocenters. The zero-order chi connectivity index (χ0) is 13.1. The van der Waals surface area contributed by atoms with E-state index in [9.17, 15) is 0 Å². The number of halogens is 2. The minimum atomic E-state index is 0.137. The Morgan fingerprint density at radius 2 is 1.83 bits per heavy atom. The number of alkyl halides is 1. The van der Waals surface area contributed by atoms with Crippen molar-refractivity contribution in [2.45, 2.75) is 17.5 Å². The average molecular weight is 379 g/mol. The maximum absolute atomic E-state index is 5.46. The van der Waals surface area contributed by atoms with Crippen molar-refractivity contribution in [3.63, 3.8) is 0 Å². The fraction of sp³-hybridized carbons (Fsp3) is 0.538. The molecule has 0 saturated carbocycles. The van der Waals surface area contributed by atoms with E-state index in [4.69, 9.17) is 9.47 Å². The van der Waals surface area contributed by atoms with Crippen molar-refractivity contribution in [3.8, 4) is 0 Å². The first-order valence-electron chi connectivity index (χ1n) is 5.84. The highest BCUT2D eigenvalue weighted by Crippen LogP contribution is 2.31. The maximum atomic E-state index is 5.46. The maximum Gasteiger partial charge on any atom is 0.102 e. The highest BCUT2D eigenvalue weighted by Gasteiger charge is 2.33. The van der Waals surface area contributed by atoms with Crippen molar-refractivity contribution in [1.82, 2.24) is 0 Å². The summed E-state index contributed by atoms with van der Waals surface area (Å²) in [7, 11) is 3.48. The first kappa shape index (κ1) is 14.3. The second kappa shape index (κ2) is 6.37. The van der Waals surface area contributed by atoms with Crippen LogP contribution in [0.25, 0.3) is 0 Å². The minimum Gasteiger partial charge on any atom is -0.377 e. The summed E-state index contributed by atoms with van der Waals surface area (Å²) in [5.41, 5.74) is 2.46. The molecule has 1 aromatic carbocycles. The van der Waals surface area contributed by atoms with Crippen molar-refractivity contribution in [1.29, 1.82) is 0 Å². The number of rotatable bonds is 4. The van der Waals surface area contributed by atoms with Gasteiger partial charge < -0.3 is 14.4 Å². The second-order valence-corrected chi connectivity index (χ2v) is 5.79. The Bertz CT molecular complexity index is 402. The van der Waals surface area contributed by atoms with Gasteiger partial charge in [-0.1, -0.05) is 22.0 Å². The molecule has 1 heterocycles. The molecule has 0 aromatic heterocycles. The molecular formula is C13H17Br2NO2. The molecule has 0 bridgehead atoms. The number of benzene rings is 1. The summed E-state index contributed by atoms with van der Waals surface area (Å²) in [5.74, 6) is 0. The highest BCUT2D eigenvalue weighted by atomic mass is 79.9. The van der Waals surface area contributed by atoms with E-state index < -0.39 is 0 Å². The number of ether oxygens (including phenoxy) is 2. The van der Waals surface area contributed by atoms with Crippen LogP contribution in [-0.4, -0.2) is 39.5 Å². The molecular weight excluding hydrogens is 362 g/mol. The fourth-order valence-electron chi connectivity index (χ4n) is 2.28. The summed E-state index contributed by atoms with van der Waals surface area (Å²) in [6.45, 7) is 1.72. The summed E-state index contributed by atoms with van der Waals surface area (Å²) in [6, 6.07) is 6.42. The minimum absolute atomic E-state index is 0.137. The molecule has 2 rings (SSSR count). The molecule has 2 unspecified atom stereocenters. The Hall–Kier alpha value is -0.100. The van der Waals surface area contributed by atoms with Crippen LogP contribution in [-0.2, 0) is 14.8 Å². The quantitative estimate of drug-likeness (QED) is 0.751. The Balaban J connectivity index is 2.18. The van der Waals surface area contributed by atoms with Gasteiger partial charge in [-0.15, -0.1) is 0 Å². The van der Waals surface area contributed by atoms with E-state index in [1.165, 1.54) is 11.3 Å². The van der Waals surface area contributed by atoms with E-state index in [2.05, 4.69) is 55.0 Å². The molecule has 1 fully saturated rings. The lowest BCUT2D eigenvalue weighted by Crippen LogP contribution is -2.27. The Labute approximate surface area is 125 Å². The molecule has 0 spiro atoms. The van der Waals surface area contributed by atoms with Gasteiger partial charge in [0, 0.05) is 37.1 Å². The summed E-state index contributed by atoms with van der Waals surface area (Å²) >= 11 is 7.10. The molecule has 0 N–H and O–H groups in total. The SMILES string of the molecule is COC1CN(c2ccc(CBr)cc2Br)CC1OC. The topological polar surface area (TPSA) is 21.7 Å². The Morgan fingerprint density at radius 3 is 2.28 bits per heavy atom. The number of nitrogens with zero attached hydrogens (tertiary/aromatic N) is 1. The van der Waals surface area contributed by atoms with Crippen LogP contribution in [0.15, 0.2) is 22.7 Å². The van der Waals surface area contributed by atoms with E-state index in [0.29, 0.717) is 0 Å². The van der Waals surface area contributed by atoms with Crippen LogP contribution in [0.2, 0.25) is 0 Å². The third-order valence-corrected chi connectivity index (χ3v) is 4.61. The lowest BCUT2D eigenvalue weighted by molar-refractivity contribution is -0.00461. The molecule has 5 heteroatoms. The predicted octanol–water partition coefficient (Wildman–Crippen LogP) is 3.19. The van der Waals surface area contributed by atoms with Gasteiger partial charge in [0.25, 0.3) is 0 Å². The number of hydrogen-bond acceptors (Lipinski definition) is 3. The van der Waals surface area contributed by atoms with Gasteiger partial charge in [0.2, 0.25) is 0 Å². The smallest absolute Gasteiger partial charge is 0.102 e. The van der Waals surface area contributed by atoms with Crippen molar-refractivity contribution in [2.24, 2.45) is 0 Å². The van der Waals surface area contributed by atoms with Gasteiger partial charge in [0.1, 0.15) is 12.2 Å². The summed E-state index contributed by atoms with van der Waals surface area (Å²) < 4.78 is 12.0. The van der Waals surface area contributed by atoms with Crippen LogP contribution >= 0.6 is 31.9 Å². The van der Waals surface area contributed by atoms with E-state index in [1.807, 2.05) is 0 Å². The molecule has 1 aromatic rings. The second-order valence-electron chi connectivity index (χ2n) is 4.37. The summed E-state index contributed by atoms with van der Waals surface area (Å²) in [6.07, 6.45) is 0.274. The summed E-state index contributed by atoms with van der Waals surface area (Å²) in [4.78, 5) is 2.30. The Morgan fingerprint density at radius 1 is 1.22 bits per heavy atom. The van der Waals surface area contributed by atoms with Crippen molar-refractivity contribution in [3.05, 3.63) is 28.2 Å². The van der Waals surface area contributed by atoms with Gasteiger partial charge in [-0.25, -0.2) is 0 Å². The molecule has 3 nitrogen and oxygen atoms in total. The molecule has 0 amide bonds. The normalized spacial score (nSPS) is 23.7. The van der Waals surface area contributed by atoms with Gasteiger partial charge >= 0.3 is 0 Å². The van der Waals surface area contributed by atoms with Gasteiger partial charge in [-0.3, -0.25) is 0 Å². The number of hydrogen-bond donors (Lipinski definition) is 0. The first-order valence-corrected chi connectivity index (χ1v) is 7.76. The zero-order valence-electron chi connectivity index (χ0n) is 10.5. The molecule has 1 aliphatic heterocycles. The molecule has 0 aliphatic carbocycles. The average Bonchev–Trinajstić information content (AvgIpc) is 2.81. The van der Waals surface area contributed by atoms with Crippen LogP contribution in [0.5, 0.6) is 0 Å².